The number of ether oxygens (including phenoxy) is 1. The van der Waals surface area contributed by atoms with Gasteiger partial charge in [0.25, 0.3) is 0 Å². The molecule has 2 amide bonds. The molecule has 6 heteroatoms. The minimum Gasteiger partial charge on any atom is -0.444 e. The summed E-state index contributed by atoms with van der Waals surface area (Å²) >= 11 is 0. The predicted molar refractivity (Wildman–Crippen MR) is 89.2 cm³/mol. The Bertz CT molecular complexity index is 429. The third kappa shape index (κ3) is 5.37. The van der Waals surface area contributed by atoms with Gasteiger partial charge in [-0.15, -0.1) is 0 Å². The van der Waals surface area contributed by atoms with E-state index in [9.17, 15) is 9.59 Å². The van der Waals surface area contributed by atoms with Gasteiger partial charge in [0.15, 0.2) is 0 Å². The highest BCUT2D eigenvalue weighted by atomic mass is 16.6. The topological polar surface area (TPSA) is 61.9 Å². The molecule has 0 aromatic rings. The fraction of sp³-hybridized carbons (Fsp3) is 0.882. The van der Waals surface area contributed by atoms with Gasteiger partial charge < -0.3 is 10.1 Å². The summed E-state index contributed by atoms with van der Waals surface area (Å²) in [5.74, 6) is -0.0554. The van der Waals surface area contributed by atoms with Crippen molar-refractivity contribution in [3.8, 4) is 0 Å². The molecule has 23 heavy (non-hydrogen) atoms. The summed E-state index contributed by atoms with van der Waals surface area (Å²) in [6.07, 6.45) is 3.72. The van der Waals surface area contributed by atoms with Gasteiger partial charge in [0, 0.05) is 25.7 Å². The molecule has 0 bridgehead atoms. The summed E-state index contributed by atoms with van der Waals surface area (Å²) in [7, 11) is 0. The number of hydrogen-bond donors (Lipinski definition) is 1. The van der Waals surface area contributed by atoms with Gasteiger partial charge in [-0.25, -0.2) is 4.79 Å². The lowest BCUT2D eigenvalue weighted by atomic mass is 10.2. The molecule has 2 rings (SSSR count). The largest absolute Gasteiger partial charge is 0.444 e. The van der Waals surface area contributed by atoms with Gasteiger partial charge in [-0.05, 0) is 53.0 Å². The average molecular weight is 325 g/mol. The molecule has 1 atom stereocenters. The number of amides is 2. The molecule has 0 spiro atoms. The maximum atomic E-state index is 12.4. The van der Waals surface area contributed by atoms with E-state index in [4.69, 9.17) is 4.74 Å². The van der Waals surface area contributed by atoms with Gasteiger partial charge >= 0.3 is 6.09 Å². The van der Waals surface area contributed by atoms with Crippen molar-refractivity contribution in [3.63, 3.8) is 0 Å². The van der Waals surface area contributed by atoms with E-state index in [-0.39, 0.29) is 18.0 Å². The predicted octanol–water partition coefficient (Wildman–Crippen LogP) is 1.99. The molecule has 2 fully saturated rings. The van der Waals surface area contributed by atoms with Gasteiger partial charge in [0.1, 0.15) is 11.6 Å². The van der Waals surface area contributed by atoms with Crippen LogP contribution in [0, 0.1) is 0 Å². The summed E-state index contributed by atoms with van der Waals surface area (Å²) in [6, 6.07) is 0.322. The lowest BCUT2D eigenvalue weighted by Crippen LogP contribution is -2.48. The Kier molecular flexibility index (Phi) is 5.89. The van der Waals surface area contributed by atoms with Crippen molar-refractivity contribution >= 4 is 12.0 Å². The second-order valence-electron chi connectivity index (χ2n) is 7.48. The zero-order valence-electron chi connectivity index (χ0n) is 14.9. The first kappa shape index (κ1) is 18.0. The molecule has 132 valence electrons. The number of nitrogens with one attached hydrogen (secondary N) is 1. The number of likely N-dealkylation sites (tertiary alicyclic amines) is 1. The minimum atomic E-state index is -0.535. The van der Waals surface area contributed by atoms with Crippen LogP contribution in [0.4, 0.5) is 4.79 Å². The average Bonchev–Trinajstić information content (AvgIpc) is 3.16. The number of carbonyl (C=O) groups is 2. The van der Waals surface area contributed by atoms with Gasteiger partial charge in [0.2, 0.25) is 5.91 Å². The standard InChI is InChI=1S/C17H31N3O3/c1-5-19(13-8-9-13)12-10-18-15(21)14-7-6-11-20(14)16(22)23-17(2,3)4/h13-14H,5-12H2,1-4H3,(H,18,21). The van der Waals surface area contributed by atoms with Crippen LogP contribution in [0.25, 0.3) is 0 Å². The van der Waals surface area contributed by atoms with Crippen molar-refractivity contribution in [2.45, 2.75) is 71.1 Å². The van der Waals surface area contributed by atoms with Crippen molar-refractivity contribution < 1.29 is 14.3 Å². The molecule has 1 heterocycles. The molecule has 0 aromatic carbocycles. The number of rotatable bonds is 6. The molecule has 0 aromatic heterocycles. The quantitative estimate of drug-likeness (QED) is 0.811. The van der Waals surface area contributed by atoms with E-state index in [1.807, 2.05) is 20.8 Å². The van der Waals surface area contributed by atoms with Gasteiger partial charge in [-0.3, -0.25) is 14.6 Å². The molecule has 0 radical (unpaired) electrons. The summed E-state index contributed by atoms with van der Waals surface area (Å²) in [6.45, 7) is 10.8. The molecule has 1 saturated carbocycles. The van der Waals surface area contributed by atoms with Crippen LogP contribution in [0.3, 0.4) is 0 Å². The molecule has 1 aliphatic carbocycles. The van der Waals surface area contributed by atoms with Crippen LogP contribution < -0.4 is 5.32 Å². The van der Waals surface area contributed by atoms with E-state index in [0.29, 0.717) is 25.6 Å². The first-order valence-corrected chi connectivity index (χ1v) is 8.83. The van der Waals surface area contributed by atoms with Crippen molar-refractivity contribution in [2.24, 2.45) is 0 Å². The monoisotopic (exact) mass is 325 g/mol. The second kappa shape index (κ2) is 7.51. The number of likely N-dealkylation sites (N-methyl/N-ethyl adjacent to an activating group) is 1. The molecule has 1 saturated heterocycles. The van der Waals surface area contributed by atoms with E-state index < -0.39 is 5.60 Å². The SMILES string of the molecule is CCN(CCNC(=O)C1CCCN1C(=O)OC(C)(C)C)C1CC1. The van der Waals surface area contributed by atoms with Crippen LogP contribution in [-0.2, 0) is 9.53 Å². The Morgan fingerprint density at radius 1 is 1.26 bits per heavy atom. The van der Waals surface area contributed by atoms with Crippen LogP contribution in [-0.4, -0.2) is 65.7 Å². The molecule has 1 unspecified atom stereocenters. The van der Waals surface area contributed by atoms with E-state index in [1.54, 1.807) is 4.90 Å². The van der Waals surface area contributed by atoms with Crippen LogP contribution in [0.15, 0.2) is 0 Å². The van der Waals surface area contributed by atoms with Crippen molar-refractivity contribution in [2.75, 3.05) is 26.2 Å². The maximum absolute atomic E-state index is 12.4. The summed E-state index contributed by atoms with van der Waals surface area (Å²) < 4.78 is 5.40. The molecular formula is C17H31N3O3. The zero-order valence-corrected chi connectivity index (χ0v) is 14.9. The smallest absolute Gasteiger partial charge is 0.410 e. The fourth-order valence-corrected chi connectivity index (χ4v) is 3.06. The highest BCUT2D eigenvalue weighted by molar-refractivity contribution is 5.86. The Labute approximate surface area is 139 Å². The van der Waals surface area contributed by atoms with Gasteiger partial charge in [0.05, 0.1) is 0 Å². The molecular weight excluding hydrogens is 294 g/mol. The Hall–Kier alpha value is -1.30. The number of carbonyl (C=O) groups excluding carboxylic acids is 2. The molecule has 2 aliphatic rings. The van der Waals surface area contributed by atoms with Crippen LogP contribution in [0.2, 0.25) is 0 Å². The van der Waals surface area contributed by atoms with Gasteiger partial charge in [-0.2, -0.15) is 0 Å². The number of hydrogen-bond acceptors (Lipinski definition) is 4. The van der Waals surface area contributed by atoms with Gasteiger partial charge in [-0.1, -0.05) is 6.92 Å². The molecule has 1 N–H and O–H groups in total. The van der Waals surface area contributed by atoms with E-state index >= 15 is 0 Å². The Balaban J connectivity index is 1.79. The van der Waals surface area contributed by atoms with E-state index in [2.05, 4.69) is 17.1 Å². The second-order valence-corrected chi connectivity index (χ2v) is 7.48. The lowest BCUT2D eigenvalue weighted by Gasteiger charge is -2.28. The normalized spacial score (nSPS) is 21.6. The van der Waals surface area contributed by atoms with Crippen LogP contribution >= 0.6 is 0 Å². The first-order valence-electron chi connectivity index (χ1n) is 8.83. The van der Waals surface area contributed by atoms with E-state index in [1.165, 1.54) is 12.8 Å². The van der Waals surface area contributed by atoms with Crippen LogP contribution in [0.5, 0.6) is 0 Å². The van der Waals surface area contributed by atoms with Crippen molar-refractivity contribution in [3.05, 3.63) is 0 Å². The highest BCUT2D eigenvalue weighted by Gasteiger charge is 2.36. The Morgan fingerprint density at radius 2 is 1.96 bits per heavy atom. The highest BCUT2D eigenvalue weighted by Crippen LogP contribution is 2.26. The maximum Gasteiger partial charge on any atom is 0.410 e. The van der Waals surface area contributed by atoms with Crippen molar-refractivity contribution in [1.29, 1.82) is 0 Å². The van der Waals surface area contributed by atoms with Crippen molar-refractivity contribution in [1.82, 2.24) is 15.1 Å². The molecule has 6 nitrogen and oxygen atoms in total. The fourth-order valence-electron chi connectivity index (χ4n) is 3.06. The minimum absolute atomic E-state index is 0.0554. The molecule has 1 aliphatic heterocycles. The van der Waals surface area contributed by atoms with E-state index in [0.717, 1.165) is 19.5 Å². The third-order valence-electron chi connectivity index (χ3n) is 4.35. The summed E-state index contributed by atoms with van der Waals surface area (Å²) in [4.78, 5) is 28.6. The van der Waals surface area contributed by atoms with Crippen LogP contribution in [0.1, 0.15) is 53.4 Å². The number of nitrogens with zero attached hydrogens (tertiary/aromatic N) is 2. The zero-order chi connectivity index (χ0) is 17.0. The lowest BCUT2D eigenvalue weighted by molar-refractivity contribution is -0.125. The summed E-state index contributed by atoms with van der Waals surface area (Å²) in [5.41, 5.74) is -0.535. The third-order valence-corrected chi connectivity index (χ3v) is 4.35. The Morgan fingerprint density at radius 3 is 2.52 bits per heavy atom. The first-order chi connectivity index (χ1) is 10.8. The summed E-state index contributed by atoms with van der Waals surface area (Å²) in [5, 5.41) is 2.99.